The van der Waals surface area contributed by atoms with Gasteiger partial charge in [0.15, 0.2) is 0 Å². The molecular formula is C26H25F3O. The molecule has 0 saturated carbocycles. The largest absolute Gasteiger partial charge is 0.416 e. The first-order valence-electron chi connectivity index (χ1n) is 10.0. The lowest BCUT2D eigenvalue weighted by Gasteiger charge is -2.49. The summed E-state index contributed by atoms with van der Waals surface area (Å²) in [5, 5.41) is 12.1. The van der Waals surface area contributed by atoms with Crippen molar-refractivity contribution in [1.82, 2.24) is 0 Å². The van der Waals surface area contributed by atoms with Crippen LogP contribution < -0.4 is 0 Å². The Balaban J connectivity index is 1.92. The van der Waals surface area contributed by atoms with E-state index in [1.807, 2.05) is 52.0 Å². The van der Waals surface area contributed by atoms with Crippen molar-refractivity contribution < 1.29 is 18.3 Å². The Morgan fingerprint density at radius 3 is 1.97 bits per heavy atom. The number of hydrogen-bond acceptors (Lipinski definition) is 1. The van der Waals surface area contributed by atoms with Crippen LogP contribution in [0.25, 0.3) is 11.1 Å². The summed E-state index contributed by atoms with van der Waals surface area (Å²) < 4.78 is 39.7. The van der Waals surface area contributed by atoms with E-state index in [4.69, 9.17) is 0 Å². The molecule has 0 fully saturated rings. The van der Waals surface area contributed by atoms with E-state index in [0.29, 0.717) is 5.56 Å². The van der Waals surface area contributed by atoms with Gasteiger partial charge in [-0.1, -0.05) is 79.6 Å². The standard InChI is InChI=1S/C26H25F3O/c1-16-8-10-22-20(12-16)21-13-17(2)9-11-23(21)25(30,24(22,3)4)15-18-6-5-7-19(14-18)26(27,28)29/h5-14,30H,15H2,1-4H3. The normalized spacial score (nSPS) is 19.9. The molecule has 1 aliphatic carbocycles. The minimum absolute atomic E-state index is 0.0906. The molecule has 1 aliphatic rings. The smallest absolute Gasteiger partial charge is 0.384 e. The topological polar surface area (TPSA) is 20.2 Å². The molecule has 0 spiro atoms. The number of alkyl halides is 3. The quantitative estimate of drug-likeness (QED) is 0.498. The number of rotatable bonds is 2. The van der Waals surface area contributed by atoms with Crippen LogP contribution >= 0.6 is 0 Å². The predicted molar refractivity (Wildman–Crippen MR) is 113 cm³/mol. The van der Waals surface area contributed by atoms with Gasteiger partial charge in [0.2, 0.25) is 0 Å². The van der Waals surface area contributed by atoms with Gasteiger partial charge in [0.05, 0.1) is 5.56 Å². The van der Waals surface area contributed by atoms with E-state index in [1.165, 1.54) is 6.07 Å². The Kier molecular flexibility index (Phi) is 4.62. The molecule has 0 aromatic heterocycles. The summed E-state index contributed by atoms with van der Waals surface area (Å²) in [7, 11) is 0. The molecule has 1 N–H and O–H groups in total. The van der Waals surface area contributed by atoms with Gasteiger partial charge in [0.25, 0.3) is 0 Å². The van der Waals surface area contributed by atoms with Crippen LogP contribution in [-0.4, -0.2) is 5.11 Å². The highest BCUT2D eigenvalue weighted by atomic mass is 19.4. The second kappa shape index (κ2) is 6.71. The predicted octanol–water partition coefficient (Wildman–Crippen LogP) is 6.71. The van der Waals surface area contributed by atoms with Gasteiger partial charge in [-0.15, -0.1) is 0 Å². The number of benzene rings is 3. The third-order valence-corrected chi connectivity index (χ3v) is 6.51. The molecule has 1 atom stereocenters. The van der Waals surface area contributed by atoms with Crippen LogP contribution in [0.5, 0.6) is 0 Å². The maximum absolute atomic E-state index is 13.2. The molecule has 0 radical (unpaired) electrons. The summed E-state index contributed by atoms with van der Waals surface area (Å²) in [4.78, 5) is 0. The summed E-state index contributed by atoms with van der Waals surface area (Å²) in [6, 6.07) is 17.4. The zero-order valence-corrected chi connectivity index (χ0v) is 17.6. The second-order valence-electron chi connectivity index (χ2n) is 8.96. The molecule has 30 heavy (non-hydrogen) atoms. The molecule has 156 valence electrons. The van der Waals surface area contributed by atoms with Crippen LogP contribution in [0.1, 0.15) is 47.2 Å². The van der Waals surface area contributed by atoms with Gasteiger partial charge in [0.1, 0.15) is 5.60 Å². The molecule has 0 heterocycles. The average Bonchev–Trinajstić information content (AvgIpc) is 2.66. The summed E-state index contributed by atoms with van der Waals surface area (Å²) in [5.41, 5.74) is 3.68. The minimum atomic E-state index is -4.42. The van der Waals surface area contributed by atoms with E-state index in [1.54, 1.807) is 6.07 Å². The molecule has 0 amide bonds. The number of hydrogen-bond donors (Lipinski definition) is 1. The maximum Gasteiger partial charge on any atom is 0.416 e. The van der Waals surface area contributed by atoms with Crippen LogP contribution in [0.4, 0.5) is 13.2 Å². The fourth-order valence-corrected chi connectivity index (χ4v) is 4.70. The van der Waals surface area contributed by atoms with E-state index in [2.05, 4.69) is 12.1 Å². The van der Waals surface area contributed by atoms with Gasteiger partial charge < -0.3 is 5.11 Å². The average molecular weight is 410 g/mol. The third-order valence-electron chi connectivity index (χ3n) is 6.51. The van der Waals surface area contributed by atoms with E-state index < -0.39 is 22.8 Å². The highest BCUT2D eigenvalue weighted by Gasteiger charge is 2.51. The summed E-state index contributed by atoms with van der Waals surface area (Å²) in [5.74, 6) is 0. The van der Waals surface area contributed by atoms with E-state index in [9.17, 15) is 18.3 Å². The zero-order chi connectivity index (χ0) is 21.9. The molecule has 3 aromatic carbocycles. The van der Waals surface area contributed by atoms with E-state index >= 15 is 0 Å². The lowest BCUT2D eigenvalue weighted by atomic mass is 9.58. The van der Waals surface area contributed by atoms with Crippen molar-refractivity contribution in [2.45, 2.75) is 51.3 Å². The third kappa shape index (κ3) is 3.14. The van der Waals surface area contributed by atoms with Crippen LogP contribution in [0.3, 0.4) is 0 Å². The zero-order valence-electron chi connectivity index (χ0n) is 17.6. The lowest BCUT2D eigenvalue weighted by molar-refractivity contribution is -0.137. The van der Waals surface area contributed by atoms with Crippen molar-refractivity contribution in [3.63, 3.8) is 0 Å². The number of aliphatic hydroxyl groups is 1. The second-order valence-corrected chi connectivity index (χ2v) is 8.96. The van der Waals surface area contributed by atoms with E-state index in [0.717, 1.165) is 45.5 Å². The fraction of sp³-hybridized carbons (Fsp3) is 0.308. The van der Waals surface area contributed by atoms with Crippen molar-refractivity contribution in [3.8, 4) is 11.1 Å². The van der Waals surface area contributed by atoms with Gasteiger partial charge in [-0.25, -0.2) is 0 Å². The first kappa shape index (κ1) is 20.7. The van der Waals surface area contributed by atoms with E-state index in [-0.39, 0.29) is 6.42 Å². The molecule has 1 unspecified atom stereocenters. The van der Waals surface area contributed by atoms with Crippen LogP contribution in [0.2, 0.25) is 0 Å². The summed E-state index contributed by atoms with van der Waals surface area (Å²) >= 11 is 0. The van der Waals surface area contributed by atoms with Crippen molar-refractivity contribution in [2.75, 3.05) is 0 Å². The Morgan fingerprint density at radius 1 is 0.800 bits per heavy atom. The van der Waals surface area contributed by atoms with Crippen molar-refractivity contribution >= 4 is 0 Å². The van der Waals surface area contributed by atoms with Gasteiger partial charge in [-0.2, -0.15) is 13.2 Å². The summed E-state index contributed by atoms with van der Waals surface area (Å²) in [6.07, 6.45) is -4.33. The first-order chi connectivity index (χ1) is 13.9. The monoisotopic (exact) mass is 410 g/mol. The van der Waals surface area contributed by atoms with Gasteiger partial charge >= 0.3 is 6.18 Å². The van der Waals surface area contributed by atoms with Gasteiger partial charge in [0, 0.05) is 11.8 Å². The Labute approximate surface area is 175 Å². The molecule has 4 rings (SSSR count). The Bertz CT molecular complexity index is 1130. The van der Waals surface area contributed by atoms with Crippen LogP contribution in [-0.2, 0) is 23.6 Å². The number of fused-ring (bicyclic) bond motifs is 3. The Morgan fingerprint density at radius 2 is 1.37 bits per heavy atom. The lowest BCUT2D eigenvalue weighted by Crippen LogP contribution is -2.49. The van der Waals surface area contributed by atoms with Crippen molar-refractivity contribution in [2.24, 2.45) is 0 Å². The molecule has 4 heteroatoms. The Hall–Kier alpha value is -2.59. The molecule has 3 aromatic rings. The molecule has 0 saturated heterocycles. The number of aryl methyl sites for hydroxylation is 2. The summed E-state index contributed by atoms with van der Waals surface area (Å²) in [6.45, 7) is 7.97. The van der Waals surface area contributed by atoms with Gasteiger partial charge in [-0.05, 0) is 47.7 Å². The highest BCUT2D eigenvalue weighted by Crippen LogP contribution is 2.54. The number of halogens is 3. The molecule has 0 aliphatic heterocycles. The fourth-order valence-electron chi connectivity index (χ4n) is 4.70. The van der Waals surface area contributed by atoms with Crippen molar-refractivity contribution in [3.05, 3.63) is 94.0 Å². The van der Waals surface area contributed by atoms with Gasteiger partial charge in [-0.3, -0.25) is 0 Å². The minimum Gasteiger partial charge on any atom is -0.384 e. The van der Waals surface area contributed by atoms with Crippen LogP contribution in [0.15, 0.2) is 60.7 Å². The molecule has 1 nitrogen and oxygen atoms in total. The van der Waals surface area contributed by atoms with Crippen LogP contribution in [0, 0.1) is 13.8 Å². The first-order valence-corrected chi connectivity index (χ1v) is 10.0. The SMILES string of the molecule is Cc1ccc2c(c1)-c1cc(C)ccc1C(O)(Cc1cccc(C(F)(F)F)c1)C2(C)C. The maximum atomic E-state index is 13.2. The molecule has 0 bridgehead atoms. The molecular weight excluding hydrogens is 385 g/mol. The highest BCUT2D eigenvalue weighted by molar-refractivity contribution is 5.78. The van der Waals surface area contributed by atoms with Crippen molar-refractivity contribution in [1.29, 1.82) is 0 Å².